The third-order valence-corrected chi connectivity index (χ3v) is 2.90. The summed E-state index contributed by atoms with van der Waals surface area (Å²) >= 11 is 0. The Morgan fingerprint density at radius 3 is 1.91 bits per heavy atom. The zero-order chi connectivity index (χ0) is 8.91. The first kappa shape index (κ1) is 11.0. The molecule has 0 heterocycles. The summed E-state index contributed by atoms with van der Waals surface area (Å²) in [6.45, 7) is 8.10. The molecular formula is C10H24N+. The zero-order valence-corrected chi connectivity index (χ0v) is 8.85. The van der Waals surface area contributed by atoms with Gasteiger partial charge in [0.25, 0.3) is 0 Å². The van der Waals surface area contributed by atoms with Gasteiger partial charge in [-0.05, 0) is 19.8 Å². The van der Waals surface area contributed by atoms with E-state index in [2.05, 4.69) is 34.9 Å². The van der Waals surface area contributed by atoms with Crippen LogP contribution in [0.15, 0.2) is 0 Å². The summed E-state index contributed by atoms with van der Waals surface area (Å²) in [6.07, 6.45) is 4.01. The minimum atomic E-state index is 0.866. The second-order valence-corrected chi connectivity index (χ2v) is 3.95. The van der Waals surface area contributed by atoms with Gasteiger partial charge < -0.3 is 4.48 Å². The van der Waals surface area contributed by atoms with Crippen molar-refractivity contribution in [3.63, 3.8) is 0 Å². The molecule has 0 spiro atoms. The summed E-state index contributed by atoms with van der Waals surface area (Å²) in [5, 5.41) is 0. The third kappa shape index (κ3) is 3.24. The highest BCUT2D eigenvalue weighted by Crippen LogP contribution is 2.15. The van der Waals surface area contributed by atoms with E-state index in [0.29, 0.717) is 0 Å². The van der Waals surface area contributed by atoms with Crippen molar-refractivity contribution in [2.45, 2.75) is 46.1 Å². The van der Waals surface area contributed by atoms with Crippen LogP contribution in [0.25, 0.3) is 0 Å². The maximum Gasteiger partial charge on any atom is 0.0883 e. The predicted octanol–water partition coefficient (Wildman–Crippen LogP) is 2.66. The van der Waals surface area contributed by atoms with Crippen molar-refractivity contribution in [3.05, 3.63) is 0 Å². The van der Waals surface area contributed by atoms with E-state index in [-0.39, 0.29) is 0 Å². The smallest absolute Gasteiger partial charge is 0.0883 e. The highest BCUT2D eigenvalue weighted by Gasteiger charge is 2.22. The van der Waals surface area contributed by atoms with Crippen LogP contribution in [0.2, 0.25) is 0 Å². The Bertz CT molecular complexity index is 97.0. The van der Waals surface area contributed by atoms with E-state index in [1.807, 2.05) is 0 Å². The molecular weight excluding hydrogens is 134 g/mol. The summed E-state index contributed by atoms with van der Waals surface area (Å²) in [5.41, 5.74) is 0. The molecule has 1 atom stereocenters. The molecule has 0 amide bonds. The summed E-state index contributed by atoms with van der Waals surface area (Å²) in [5.74, 6) is 0. The molecule has 0 radical (unpaired) electrons. The number of hydrogen-bond donors (Lipinski definition) is 0. The lowest BCUT2D eigenvalue weighted by atomic mass is 10.1. The first-order chi connectivity index (χ1) is 5.08. The van der Waals surface area contributed by atoms with Gasteiger partial charge in [-0.25, -0.2) is 0 Å². The molecule has 0 aliphatic carbocycles. The van der Waals surface area contributed by atoms with E-state index < -0.39 is 0 Å². The van der Waals surface area contributed by atoms with Gasteiger partial charge in [0.15, 0.2) is 0 Å². The van der Waals surface area contributed by atoms with Crippen LogP contribution in [0, 0.1) is 0 Å². The molecule has 68 valence electrons. The average molecular weight is 158 g/mol. The number of quaternary nitrogens is 1. The minimum absolute atomic E-state index is 0.866. The van der Waals surface area contributed by atoms with Gasteiger partial charge in [0.1, 0.15) is 0 Å². The van der Waals surface area contributed by atoms with Crippen LogP contribution in [0.1, 0.15) is 40.0 Å². The van der Waals surface area contributed by atoms with Crippen LogP contribution >= 0.6 is 0 Å². The Morgan fingerprint density at radius 1 is 1.09 bits per heavy atom. The summed E-state index contributed by atoms with van der Waals surface area (Å²) < 4.78 is 1.18. The maximum atomic E-state index is 2.34. The number of hydrogen-bond acceptors (Lipinski definition) is 0. The molecule has 1 nitrogen and oxygen atoms in total. The Labute approximate surface area is 72.0 Å². The summed E-state index contributed by atoms with van der Waals surface area (Å²) in [7, 11) is 4.67. The lowest BCUT2D eigenvalue weighted by molar-refractivity contribution is -0.913. The standard InChI is InChI=1S/C10H24N/c1-6-9-10(7-2)11(4,5)8-3/h10H,6-9H2,1-5H3/q+1. The predicted molar refractivity (Wildman–Crippen MR) is 51.6 cm³/mol. The van der Waals surface area contributed by atoms with Gasteiger partial charge >= 0.3 is 0 Å². The van der Waals surface area contributed by atoms with E-state index in [9.17, 15) is 0 Å². The molecule has 1 heteroatoms. The molecule has 0 saturated heterocycles. The summed E-state index contributed by atoms with van der Waals surface area (Å²) in [6, 6.07) is 0.866. The van der Waals surface area contributed by atoms with Crippen LogP contribution in [0.3, 0.4) is 0 Å². The molecule has 0 bridgehead atoms. The van der Waals surface area contributed by atoms with Crippen LogP contribution < -0.4 is 0 Å². The third-order valence-electron chi connectivity index (χ3n) is 2.90. The normalized spacial score (nSPS) is 15.0. The summed E-state index contributed by atoms with van der Waals surface area (Å²) in [4.78, 5) is 0. The SMILES string of the molecule is CCCC(CC)[N+](C)(C)CC. The quantitative estimate of drug-likeness (QED) is 0.540. The molecule has 11 heavy (non-hydrogen) atoms. The topological polar surface area (TPSA) is 0 Å². The van der Waals surface area contributed by atoms with E-state index in [1.54, 1.807) is 0 Å². The highest BCUT2D eigenvalue weighted by atomic mass is 15.3. The molecule has 0 aliphatic heterocycles. The lowest BCUT2D eigenvalue weighted by Gasteiger charge is -2.36. The van der Waals surface area contributed by atoms with E-state index in [4.69, 9.17) is 0 Å². The van der Waals surface area contributed by atoms with Crippen molar-refractivity contribution in [1.82, 2.24) is 0 Å². The van der Waals surface area contributed by atoms with Gasteiger partial charge in [0.2, 0.25) is 0 Å². The van der Waals surface area contributed by atoms with E-state index in [1.165, 1.54) is 30.3 Å². The second kappa shape index (κ2) is 4.76. The maximum absolute atomic E-state index is 2.34. The number of nitrogens with zero attached hydrogens (tertiary/aromatic N) is 1. The second-order valence-electron chi connectivity index (χ2n) is 3.95. The van der Waals surface area contributed by atoms with Crippen molar-refractivity contribution in [2.75, 3.05) is 20.6 Å². The van der Waals surface area contributed by atoms with Crippen molar-refractivity contribution in [3.8, 4) is 0 Å². The fourth-order valence-corrected chi connectivity index (χ4v) is 1.64. The average Bonchev–Trinajstić information content (AvgIpc) is 2.00. The molecule has 0 aliphatic rings. The fourth-order valence-electron chi connectivity index (χ4n) is 1.64. The molecule has 0 fully saturated rings. The van der Waals surface area contributed by atoms with Crippen molar-refractivity contribution in [2.24, 2.45) is 0 Å². The molecule has 0 aromatic carbocycles. The number of rotatable bonds is 5. The van der Waals surface area contributed by atoms with E-state index >= 15 is 0 Å². The highest BCUT2D eigenvalue weighted by molar-refractivity contribution is 4.54. The largest absolute Gasteiger partial charge is 0.326 e. The van der Waals surface area contributed by atoms with Crippen LogP contribution in [-0.4, -0.2) is 31.2 Å². The minimum Gasteiger partial charge on any atom is -0.326 e. The first-order valence-electron chi connectivity index (χ1n) is 4.91. The van der Waals surface area contributed by atoms with Gasteiger partial charge in [-0.3, -0.25) is 0 Å². The van der Waals surface area contributed by atoms with Crippen molar-refractivity contribution >= 4 is 0 Å². The fraction of sp³-hybridized carbons (Fsp3) is 1.00. The van der Waals surface area contributed by atoms with Gasteiger partial charge in [-0.1, -0.05) is 20.3 Å². The van der Waals surface area contributed by atoms with Crippen LogP contribution in [0.5, 0.6) is 0 Å². The van der Waals surface area contributed by atoms with Gasteiger partial charge in [0.05, 0.1) is 26.7 Å². The molecule has 0 rings (SSSR count). The van der Waals surface area contributed by atoms with Gasteiger partial charge in [-0.2, -0.15) is 0 Å². The molecule has 0 saturated carbocycles. The lowest BCUT2D eigenvalue weighted by Crippen LogP contribution is -2.48. The first-order valence-corrected chi connectivity index (χ1v) is 4.91. The van der Waals surface area contributed by atoms with E-state index in [0.717, 1.165) is 6.04 Å². The Balaban J connectivity index is 3.99. The monoisotopic (exact) mass is 158 g/mol. The molecule has 0 aromatic heterocycles. The molecule has 0 N–H and O–H groups in total. The zero-order valence-electron chi connectivity index (χ0n) is 8.85. The Morgan fingerprint density at radius 2 is 1.64 bits per heavy atom. The van der Waals surface area contributed by atoms with Gasteiger partial charge in [0, 0.05) is 0 Å². The van der Waals surface area contributed by atoms with Crippen LogP contribution in [0.4, 0.5) is 0 Å². The van der Waals surface area contributed by atoms with Crippen molar-refractivity contribution in [1.29, 1.82) is 0 Å². The molecule has 1 unspecified atom stereocenters. The van der Waals surface area contributed by atoms with Gasteiger partial charge in [-0.15, -0.1) is 0 Å². The van der Waals surface area contributed by atoms with Crippen molar-refractivity contribution < 1.29 is 4.48 Å². The Kier molecular flexibility index (Phi) is 4.74. The Hall–Kier alpha value is -0.0400. The van der Waals surface area contributed by atoms with Crippen LogP contribution in [-0.2, 0) is 0 Å². The molecule has 0 aromatic rings.